The monoisotopic (exact) mass is 735 g/mol. The maximum Gasteiger partial charge on any atom is 0.417 e. The van der Waals surface area contributed by atoms with Crippen LogP contribution in [0.25, 0.3) is 11.1 Å². The second-order valence-electron chi connectivity index (χ2n) is 11.2. The van der Waals surface area contributed by atoms with Crippen molar-refractivity contribution in [2.45, 2.75) is 72.8 Å². The van der Waals surface area contributed by atoms with Crippen LogP contribution in [0.1, 0.15) is 66.0 Å². The quantitative estimate of drug-likeness (QED) is 0.246. The van der Waals surface area contributed by atoms with Crippen LogP contribution < -0.4 is 15.8 Å². The van der Waals surface area contributed by atoms with Crippen LogP contribution in [0.5, 0.6) is 0 Å². The normalized spacial score (nSPS) is 14.6. The van der Waals surface area contributed by atoms with Crippen molar-refractivity contribution in [3.05, 3.63) is 85.8 Å². The van der Waals surface area contributed by atoms with Crippen LogP contribution in [-0.4, -0.2) is 60.1 Å². The third-order valence-corrected chi connectivity index (χ3v) is 8.11. The van der Waals surface area contributed by atoms with Gasteiger partial charge in [-0.05, 0) is 67.1 Å². The van der Waals surface area contributed by atoms with Gasteiger partial charge in [0.15, 0.2) is 0 Å². The summed E-state index contributed by atoms with van der Waals surface area (Å²) < 4.78 is 114. The Labute approximate surface area is 290 Å². The Kier molecular flexibility index (Phi) is 14.8. The molecule has 4 rings (SSSR count). The Balaban J connectivity index is 0.000000337. The van der Waals surface area contributed by atoms with Gasteiger partial charge in [-0.3, -0.25) is 14.4 Å². The van der Waals surface area contributed by atoms with E-state index >= 15 is 0 Å². The van der Waals surface area contributed by atoms with Crippen molar-refractivity contribution in [1.29, 1.82) is 0 Å². The van der Waals surface area contributed by atoms with Gasteiger partial charge in [0.05, 0.1) is 24.3 Å². The molecular weight excluding hydrogens is 694 g/mol. The number of carboxylic acid groups (broad SMARTS) is 1. The van der Waals surface area contributed by atoms with E-state index in [1.54, 1.807) is 17.4 Å². The summed E-state index contributed by atoms with van der Waals surface area (Å²) in [4.78, 5) is 35.4. The molecule has 51 heavy (non-hydrogen) atoms. The molecule has 0 saturated carbocycles. The predicted octanol–water partition coefficient (Wildman–Crippen LogP) is 7.39. The highest BCUT2D eigenvalue weighted by Gasteiger charge is 2.46. The number of alkyl halides is 6. The van der Waals surface area contributed by atoms with Crippen molar-refractivity contribution in [3.8, 4) is 11.1 Å². The molecule has 2 aromatic carbocycles. The van der Waals surface area contributed by atoms with Gasteiger partial charge in [-0.15, -0.1) is 0 Å². The van der Waals surface area contributed by atoms with Crippen LogP contribution in [0.4, 0.5) is 40.8 Å². The highest BCUT2D eigenvalue weighted by atomic mass is 19.4. The van der Waals surface area contributed by atoms with Gasteiger partial charge in [0, 0.05) is 25.0 Å². The van der Waals surface area contributed by atoms with Crippen molar-refractivity contribution < 1.29 is 54.6 Å². The van der Waals surface area contributed by atoms with Crippen LogP contribution in [0.3, 0.4) is 0 Å². The first-order chi connectivity index (χ1) is 23.7. The van der Waals surface area contributed by atoms with E-state index in [1.165, 1.54) is 18.5 Å². The number of anilines is 1. The highest BCUT2D eigenvalue weighted by Crippen LogP contribution is 2.38. The minimum Gasteiger partial charge on any atom is -0.480 e. The molecule has 1 saturated heterocycles. The first kappa shape index (κ1) is 42.7. The molecule has 8 nitrogen and oxygen atoms in total. The van der Waals surface area contributed by atoms with E-state index in [9.17, 15) is 49.5 Å². The number of nitrogens with one attached hydrogen (secondary N) is 1. The number of pyridine rings is 1. The average molecular weight is 736 g/mol. The maximum absolute atomic E-state index is 14.1. The highest BCUT2D eigenvalue weighted by molar-refractivity contribution is 5.96. The largest absolute Gasteiger partial charge is 0.480 e. The summed E-state index contributed by atoms with van der Waals surface area (Å²) >= 11 is 0. The topological polar surface area (TPSA) is 101 Å². The molecule has 282 valence electrons. The number of benzene rings is 2. The lowest BCUT2D eigenvalue weighted by molar-refractivity contribution is -0.167. The Hall–Kier alpha value is -4.47. The van der Waals surface area contributed by atoms with Gasteiger partial charge in [-0.25, -0.2) is 8.78 Å². The molecule has 1 aromatic heterocycles. The molecule has 3 aromatic rings. The van der Waals surface area contributed by atoms with Crippen LogP contribution in [-0.2, 0) is 35.6 Å². The van der Waals surface area contributed by atoms with Crippen molar-refractivity contribution >= 4 is 17.6 Å². The molecule has 1 fully saturated rings. The minimum atomic E-state index is -4.68. The summed E-state index contributed by atoms with van der Waals surface area (Å²) in [5.74, 6) is -5.54. The van der Waals surface area contributed by atoms with Gasteiger partial charge >= 0.3 is 18.3 Å². The van der Waals surface area contributed by atoms with Gasteiger partial charge in [0.1, 0.15) is 29.8 Å². The summed E-state index contributed by atoms with van der Waals surface area (Å²) in [6, 6.07) is 3.63. The fourth-order valence-corrected chi connectivity index (χ4v) is 5.62. The van der Waals surface area contributed by atoms with E-state index in [4.69, 9.17) is 9.84 Å². The van der Waals surface area contributed by atoms with E-state index in [1.807, 2.05) is 34.6 Å². The minimum absolute atomic E-state index is 0.0589. The zero-order chi connectivity index (χ0) is 39.0. The summed E-state index contributed by atoms with van der Waals surface area (Å²) in [6.45, 7) is 9.48. The van der Waals surface area contributed by atoms with E-state index in [-0.39, 0.29) is 24.4 Å². The molecule has 0 aliphatic carbocycles. The van der Waals surface area contributed by atoms with Crippen LogP contribution in [0.2, 0.25) is 0 Å². The van der Waals surface area contributed by atoms with Crippen LogP contribution in [0, 0.1) is 25.5 Å². The summed E-state index contributed by atoms with van der Waals surface area (Å²) in [6.07, 6.45) is -7.95. The first-order valence-electron chi connectivity index (χ1n) is 16.0. The van der Waals surface area contributed by atoms with E-state index in [0.29, 0.717) is 24.1 Å². The van der Waals surface area contributed by atoms with E-state index in [2.05, 4.69) is 0 Å². The number of carbonyl (C=O) groups is 2. The third kappa shape index (κ3) is 10.1. The van der Waals surface area contributed by atoms with E-state index < -0.39 is 77.4 Å². The second kappa shape index (κ2) is 17.6. The Bertz CT molecular complexity index is 1750. The lowest BCUT2D eigenvalue weighted by Gasteiger charge is -2.38. The van der Waals surface area contributed by atoms with Crippen molar-refractivity contribution in [2.75, 3.05) is 31.2 Å². The van der Waals surface area contributed by atoms with Gasteiger partial charge in [-0.1, -0.05) is 39.8 Å². The lowest BCUT2D eigenvalue weighted by Crippen LogP contribution is -2.53. The summed E-state index contributed by atoms with van der Waals surface area (Å²) in [5, 5.41) is 10.2. The number of hydrogen-bond acceptors (Lipinski definition) is 5. The molecule has 0 bridgehead atoms. The molecule has 2 heterocycles. The number of carboxylic acids is 1. The smallest absolute Gasteiger partial charge is 0.417 e. The molecular formula is C35H41F8N3O5. The number of ether oxygens (including phenoxy) is 1. The third-order valence-electron chi connectivity index (χ3n) is 8.11. The van der Waals surface area contributed by atoms with Gasteiger partial charge < -0.3 is 24.6 Å². The van der Waals surface area contributed by atoms with Gasteiger partial charge in [0.25, 0.3) is 11.5 Å². The van der Waals surface area contributed by atoms with Crippen molar-refractivity contribution in [3.63, 3.8) is 0 Å². The van der Waals surface area contributed by atoms with E-state index in [0.717, 1.165) is 34.1 Å². The number of aromatic nitrogens is 1. The van der Waals surface area contributed by atoms with Crippen LogP contribution >= 0.6 is 0 Å². The number of morpholine rings is 1. The van der Waals surface area contributed by atoms with Crippen molar-refractivity contribution in [1.82, 2.24) is 9.88 Å². The van der Waals surface area contributed by atoms with Crippen LogP contribution in [0.15, 0.2) is 35.1 Å². The molecule has 2 N–H and O–H groups in total. The zero-order valence-corrected chi connectivity index (χ0v) is 29.2. The molecule has 1 atom stereocenters. The Morgan fingerprint density at radius 2 is 1.53 bits per heavy atom. The van der Waals surface area contributed by atoms with Gasteiger partial charge in [0.2, 0.25) is 0 Å². The fraction of sp³-hybridized carbons (Fsp3) is 0.457. The number of carbonyl (C=O) groups excluding carboxylic acids is 1. The lowest BCUT2D eigenvalue weighted by atomic mass is 9.88. The number of hydrogen-bond donors (Lipinski definition) is 2. The number of aryl methyl sites for hydroxylation is 2. The molecule has 1 aliphatic rings. The molecule has 1 aliphatic heterocycles. The van der Waals surface area contributed by atoms with Crippen molar-refractivity contribution in [2.24, 2.45) is 7.05 Å². The number of halogens is 8. The summed E-state index contributed by atoms with van der Waals surface area (Å²) in [7, 11) is 1.50. The zero-order valence-electron chi connectivity index (χ0n) is 29.2. The maximum atomic E-state index is 14.1. The standard InChI is InChI=1S/C19H22F3NO.C14H13F5N2O4.C2H6/c1-6-13-11(3)8-9-15(14(13)7-2)17-16(19(20,21)22)10-12(4)23(5)18(17)24;15-8-3-7(21-1-2-25-6-10(21)14(17,18)19)4-9(16)12(8)13(24)20-5-11(22)23;1-2/h8-10H,6-7H2,1-5H3;3-4,10H,1-2,5-6H2,(H,20,24)(H,22,23);1-2H3. The Morgan fingerprint density at radius 3 is 2.02 bits per heavy atom. The predicted molar refractivity (Wildman–Crippen MR) is 176 cm³/mol. The molecule has 1 unspecified atom stereocenters. The SMILES string of the molecule is CC.CCc1c(C)ccc(-c2c(C(F)(F)F)cc(C)n(C)c2=O)c1CC.O=C(O)CNC(=O)c1c(F)cc(N2CCOCC2C(F)(F)F)cc1F. The molecule has 0 radical (unpaired) electrons. The second-order valence-corrected chi connectivity index (χ2v) is 11.2. The number of nitrogens with zero attached hydrogens (tertiary/aromatic N) is 2. The average Bonchev–Trinajstić information content (AvgIpc) is 3.06. The number of amides is 1. The molecule has 1 amide bonds. The molecule has 16 heteroatoms. The first-order valence-corrected chi connectivity index (χ1v) is 16.0. The van der Waals surface area contributed by atoms with Gasteiger partial charge in [-0.2, -0.15) is 26.3 Å². The number of rotatable bonds is 7. The summed E-state index contributed by atoms with van der Waals surface area (Å²) in [5.41, 5.74) is 0.390. The Morgan fingerprint density at radius 1 is 0.961 bits per heavy atom. The fourth-order valence-electron chi connectivity index (χ4n) is 5.62. The number of aliphatic carboxylic acids is 1. The molecule has 0 spiro atoms.